The normalized spacial score (nSPS) is 17.0. The highest BCUT2D eigenvalue weighted by molar-refractivity contribution is 6.09. The van der Waals surface area contributed by atoms with Crippen LogP contribution >= 0.6 is 0 Å². The minimum atomic E-state index is -3.14. The van der Waals surface area contributed by atoms with Gasteiger partial charge in [-0.15, -0.1) is 0 Å². The second-order valence-electron chi connectivity index (χ2n) is 17.3. The number of rotatable bonds is 7. The summed E-state index contributed by atoms with van der Waals surface area (Å²) in [5, 5.41) is 1.82. The van der Waals surface area contributed by atoms with Gasteiger partial charge in [-0.25, -0.2) is 9.97 Å². The van der Waals surface area contributed by atoms with Crippen molar-refractivity contribution in [2.75, 3.05) is 0 Å². The van der Waals surface area contributed by atoms with Crippen molar-refractivity contribution in [2.24, 2.45) is 0 Å². The second-order valence-corrected chi connectivity index (χ2v) is 17.3. The lowest BCUT2D eigenvalue weighted by molar-refractivity contribution is 0.460. The van der Waals surface area contributed by atoms with Crippen LogP contribution in [0.15, 0.2) is 164 Å². The molecule has 9 aromatic rings. The first kappa shape index (κ1) is 24.9. The minimum absolute atomic E-state index is 0.161. The molecule has 6 heteroatoms. The average molecular weight is 839 g/mol. The van der Waals surface area contributed by atoms with Crippen molar-refractivity contribution in [3.05, 3.63) is 186 Å². The number of para-hydroxylation sites is 4. The lowest BCUT2D eigenvalue weighted by Gasteiger charge is -2.20. The fourth-order valence-corrected chi connectivity index (χ4v) is 7.76. The van der Waals surface area contributed by atoms with Crippen molar-refractivity contribution in [1.29, 1.82) is 0 Å². The van der Waals surface area contributed by atoms with Crippen molar-refractivity contribution >= 4 is 50.6 Å². The summed E-state index contributed by atoms with van der Waals surface area (Å²) in [5.41, 5.74) is -0.873. The number of ether oxygens (including phenoxy) is 1. The van der Waals surface area contributed by atoms with Crippen molar-refractivity contribution in [3.8, 4) is 39.7 Å². The molecular weight excluding hydrogens is 771 g/mol. The maximum Gasteiger partial charge on any atom is 0.503 e. The van der Waals surface area contributed by atoms with E-state index in [-0.39, 0.29) is 17.0 Å². The van der Waals surface area contributed by atoms with Crippen LogP contribution in [0.2, 0.25) is 0 Å². The van der Waals surface area contributed by atoms with Crippen LogP contribution in [0.4, 0.5) is 22.7 Å². The van der Waals surface area contributed by atoms with Gasteiger partial charge in [-0.2, -0.15) is 0 Å². The molecule has 1 aliphatic rings. The Morgan fingerprint density at radius 2 is 1.25 bits per heavy atom. The molecule has 0 atom stereocenters. The molecule has 0 spiro atoms. The zero-order valence-electron chi connectivity index (χ0n) is 52.4. The van der Waals surface area contributed by atoms with E-state index in [0.717, 1.165) is 32.9 Å². The van der Waals surface area contributed by atoms with E-state index in [1.54, 1.807) is 47.3 Å². The molecule has 4 heterocycles. The third-order valence-electron chi connectivity index (χ3n) is 11.0. The quantitative estimate of drug-likeness (QED) is 0.150. The molecule has 10 rings (SSSR count). The predicted octanol–water partition coefficient (Wildman–Crippen LogP) is 14.8. The van der Waals surface area contributed by atoms with Crippen LogP contribution in [0.5, 0.6) is 11.6 Å². The van der Waals surface area contributed by atoms with E-state index in [0.29, 0.717) is 22.9 Å². The molecule has 6 aromatic carbocycles. The summed E-state index contributed by atoms with van der Waals surface area (Å²) >= 11 is 0. The van der Waals surface area contributed by atoms with E-state index in [9.17, 15) is 9.60 Å². The van der Waals surface area contributed by atoms with E-state index in [2.05, 4.69) is 37.4 Å². The van der Waals surface area contributed by atoms with Gasteiger partial charge < -0.3 is 4.74 Å². The molecule has 0 fully saturated rings. The van der Waals surface area contributed by atoms with Crippen molar-refractivity contribution in [3.63, 3.8) is 0 Å². The first-order valence-corrected chi connectivity index (χ1v) is 20.3. The molecule has 0 saturated heterocycles. The van der Waals surface area contributed by atoms with Crippen LogP contribution < -0.4 is 13.9 Å². The number of pyridine rings is 2. The molecule has 0 aliphatic carbocycles. The van der Waals surface area contributed by atoms with Crippen molar-refractivity contribution < 1.29 is 28.0 Å². The van der Waals surface area contributed by atoms with E-state index in [1.807, 2.05) is 69.3 Å². The number of benzene rings is 6. The van der Waals surface area contributed by atoms with Gasteiger partial charge in [0.05, 0.1) is 43.3 Å². The van der Waals surface area contributed by atoms with Gasteiger partial charge in [0.2, 0.25) is 17.3 Å². The zero-order valence-corrected chi connectivity index (χ0v) is 35.4. The van der Waals surface area contributed by atoms with Gasteiger partial charge in [0.25, 0.3) is 11.4 Å². The van der Waals surface area contributed by atoms with Gasteiger partial charge in [0.1, 0.15) is 11.6 Å². The molecule has 63 heavy (non-hydrogen) atoms. The molecule has 0 saturated carbocycles. The van der Waals surface area contributed by atoms with Crippen LogP contribution in [0.25, 0.3) is 49.9 Å². The summed E-state index contributed by atoms with van der Waals surface area (Å²) in [5.74, 6) is 1.29. The Morgan fingerprint density at radius 1 is 0.619 bits per heavy atom. The fraction of sp³-hybridized carbons (Fsp3) is 0.175. The predicted molar refractivity (Wildman–Crippen MR) is 261 cm³/mol. The van der Waals surface area contributed by atoms with Gasteiger partial charge in [0, 0.05) is 55.7 Å². The van der Waals surface area contributed by atoms with Crippen LogP contribution in [0.1, 0.15) is 87.1 Å². The molecule has 0 unspecified atom stereocenters. The molecule has 6 nitrogen and oxygen atoms in total. The molecule has 0 amide bonds. The Hall–Kier alpha value is -7.40. The van der Waals surface area contributed by atoms with Gasteiger partial charge in [-0.3, -0.25) is 4.57 Å². The summed E-state index contributed by atoms with van der Waals surface area (Å²) in [7, 11) is 0. The summed E-state index contributed by atoms with van der Waals surface area (Å²) in [6.45, 7) is 6.16. The van der Waals surface area contributed by atoms with Crippen LogP contribution in [0, 0.1) is 13.7 Å². The average Bonchev–Trinajstić information content (AvgIpc) is 3.95. The van der Waals surface area contributed by atoms with E-state index < -0.39 is 125 Å². The molecule has 308 valence electrons. The second kappa shape index (κ2) is 15.2. The molecule has 3 aromatic heterocycles. The van der Waals surface area contributed by atoms with Crippen LogP contribution in [-0.2, 0) is 10.8 Å². The monoisotopic (exact) mass is 839 g/mol. The lowest BCUT2D eigenvalue weighted by Crippen LogP contribution is -2.12. The molecular formula is C57H51N5O+2. The summed E-state index contributed by atoms with van der Waals surface area (Å²) in [6.07, 6.45) is 3.55. The summed E-state index contributed by atoms with van der Waals surface area (Å²) in [6, 6.07) is 19.1. The molecule has 0 N–H and O–H groups in total. The third-order valence-corrected chi connectivity index (χ3v) is 11.0. The maximum absolute atomic E-state index is 9.52. The van der Waals surface area contributed by atoms with Gasteiger partial charge in [-0.05, 0) is 92.3 Å². The highest BCUT2D eigenvalue weighted by Crippen LogP contribution is 2.45. The van der Waals surface area contributed by atoms with Gasteiger partial charge in [-0.1, -0.05) is 137 Å². The lowest BCUT2D eigenvalue weighted by atomic mass is 9.86. The third kappa shape index (κ3) is 7.33. The number of nitrogens with zero attached hydrogens (tertiary/aromatic N) is 5. The first-order valence-electron chi connectivity index (χ1n) is 28.8. The first-order chi connectivity index (χ1) is 37.3. The number of fused-ring (bicyclic) bond motifs is 4. The number of hydrogen-bond acceptors (Lipinski definition) is 3. The zero-order chi connectivity index (χ0) is 58.2. The Labute approximate surface area is 393 Å². The molecule has 0 bridgehead atoms. The van der Waals surface area contributed by atoms with E-state index in [4.69, 9.17) is 28.4 Å². The van der Waals surface area contributed by atoms with E-state index in [1.165, 1.54) is 4.58 Å². The Kier molecular flexibility index (Phi) is 6.00. The summed E-state index contributed by atoms with van der Waals surface area (Å²) < 4.78 is 161. The Bertz CT molecular complexity index is 4050. The standard InChI is InChI=1S/C57H51N5O/c1-37-20-24-39(25-21-37)45-15-13-16-46(40-26-22-38(2)23-27-40)55(45)61-36-60(50-18-11-12-19-51(50)61)43-30-42(57(6,7)8)31-44(33-43)63-54-34-52-48(35-59-54)47-14-9-10-17-49(47)62(52)53-32-41(28-29-58-53)56(3,4)5/h9-35H,1-8H3/q+2/i1D3,2D3,13D,15D,16D,20D,21D,22D,23D,24D,25D,26D,27D. The number of hydrogen-bond donors (Lipinski definition) is 0. The molecule has 0 radical (unpaired) electrons. The molecule has 1 aliphatic heterocycles. The summed E-state index contributed by atoms with van der Waals surface area (Å²) in [4.78, 5) is 9.60. The van der Waals surface area contributed by atoms with Crippen LogP contribution in [-0.4, -0.2) is 20.5 Å². The van der Waals surface area contributed by atoms with Crippen LogP contribution in [0.3, 0.4) is 0 Å². The smallest absolute Gasteiger partial charge is 0.439 e. The minimum Gasteiger partial charge on any atom is -0.439 e. The van der Waals surface area contributed by atoms with Crippen molar-refractivity contribution in [2.45, 2.75) is 66.1 Å². The largest absolute Gasteiger partial charge is 0.503 e. The topological polar surface area (TPSA) is 46.0 Å². The van der Waals surface area contributed by atoms with Crippen molar-refractivity contribution in [1.82, 2.24) is 23.7 Å². The maximum atomic E-state index is 9.52. The van der Waals surface area contributed by atoms with E-state index >= 15 is 0 Å². The highest BCUT2D eigenvalue weighted by Gasteiger charge is 2.39. The number of aromatic nitrogens is 3. The fourth-order valence-electron chi connectivity index (χ4n) is 7.76. The highest BCUT2D eigenvalue weighted by atomic mass is 16.5. The van der Waals surface area contributed by atoms with Gasteiger partial charge in [0.15, 0.2) is 0 Å². The van der Waals surface area contributed by atoms with Gasteiger partial charge >= 0.3 is 6.01 Å². The Morgan fingerprint density at radius 3 is 1.90 bits per heavy atom. The Balaban J connectivity index is 1.27. The SMILES string of the molecule is [2H]c1c([2H])c(-c2c([2H])c([2H])c(C([2H])([2H])[2H])c([2H])c2[2H])c([N+]2=C=[N+](c3cc(Oc4cc5c(cn4)c4ccccc4n5-c4cc(C(C)(C)C)ccn4)cc(C(C)(C)C)c3)c3ccccc32)c(-c2c([2H])c([2H])c(C([2H])([2H])[2H])c([2H])c2[2H])c1[2H].